The summed E-state index contributed by atoms with van der Waals surface area (Å²) in [5.41, 5.74) is 4.68. The van der Waals surface area contributed by atoms with Crippen molar-refractivity contribution in [1.82, 2.24) is 4.90 Å². The summed E-state index contributed by atoms with van der Waals surface area (Å²) in [6, 6.07) is 4.21. The van der Waals surface area contributed by atoms with Crippen LogP contribution in [0.1, 0.15) is 43.4 Å². The number of Topliss-reactive ketones (excluding diaryl/α,β-unsaturated/α-hetero) is 1. The van der Waals surface area contributed by atoms with Crippen LogP contribution in [-0.4, -0.2) is 30.9 Å². The number of fused-ring (bicyclic) bond motifs is 3. The Labute approximate surface area is 133 Å². The second-order valence-corrected chi connectivity index (χ2v) is 6.22. The van der Waals surface area contributed by atoms with Crippen molar-refractivity contribution in [2.75, 3.05) is 20.2 Å². The molecule has 3 heterocycles. The zero-order valence-corrected chi connectivity index (χ0v) is 13.8. The Morgan fingerprint density at radius 3 is 2.23 bits per heavy atom. The number of carbonyl (C=O) groups is 1. The van der Waals surface area contributed by atoms with E-state index in [1.165, 1.54) is 16.7 Å². The van der Waals surface area contributed by atoms with Gasteiger partial charge >= 0.3 is 0 Å². The summed E-state index contributed by atoms with van der Waals surface area (Å²) >= 11 is 0. The van der Waals surface area contributed by atoms with Gasteiger partial charge in [-0.2, -0.15) is 0 Å². The maximum absolute atomic E-state index is 12.6. The van der Waals surface area contributed by atoms with Crippen LogP contribution in [0.4, 0.5) is 0 Å². The molecule has 0 N–H and O–H groups in total. The number of rotatable bonds is 4. The van der Waals surface area contributed by atoms with Crippen molar-refractivity contribution in [1.29, 1.82) is 0 Å². The smallest absolute Gasteiger partial charge is 0.182 e. The minimum atomic E-state index is 0.254. The lowest BCUT2D eigenvalue weighted by Gasteiger charge is -2.41. The summed E-state index contributed by atoms with van der Waals surface area (Å²) < 4.78 is 5.42. The van der Waals surface area contributed by atoms with E-state index in [2.05, 4.69) is 37.0 Å². The topological polar surface area (TPSA) is 29.5 Å². The molecular formula is C19H25NO2. The fraction of sp³-hybridized carbons (Fsp3) is 0.526. The van der Waals surface area contributed by atoms with E-state index in [4.69, 9.17) is 4.74 Å². The molecule has 1 aromatic rings. The first-order valence-corrected chi connectivity index (χ1v) is 8.38. The molecule has 3 saturated heterocycles. The molecule has 118 valence electrons. The van der Waals surface area contributed by atoms with Gasteiger partial charge in [-0.15, -0.1) is 0 Å². The molecule has 0 aromatic heterocycles. The zero-order valence-electron chi connectivity index (χ0n) is 13.8. The molecule has 0 unspecified atom stereocenters. The van der Waals surface area contributed by atoms with Gasteiger partial charge in [0.25, 0.3) is 0 Å². The Morgan fingerprint density at radius 2 is 1.77 bits per heavy atom. The van der Waals surface area contributed by atoms with Gasteiger partial charge < -0.3 is 9.64 Å². The second-order valence-electron chi connectivity index (χ2n) is 6.22. The molecular weight excluding hydrogens is 274 g/mol. The van der Waals surface area contributed by atoms with E-state index in [1.54, 1.807) is 7.11 Å². The third kappa shape index (κ3) is 2.53. The number of carbonyl (C=O) groups excluding carboxylic acids is 1. The molecule has 0 spiro atoms. The van der Waals surface area contributed by atoms with Crippen LogP contribution in [0.15, 0.2) is 17.8 Å². The van der Waals surface area contributed by atoms with E-state index in [0.29, 0.717) is 5.78 Å². The number of benzene rings is 1. The van der Waals surface area contributed by atoms with E-state index < -0.39 is 0 Å². The standard InChI is InChI=1S/C19H25NO2/c1-4-13-10-16(22-3)11-14(5-2)17(13)12-18-19(21)15-6-8-20(18)9-7-15/h10-12,15H,4-9H2,1-3H3/b18-12+. The SMILES string of the molecule is CCc1cc(OC)cc(CC)c1/C=C1\C(=O)C2CCN1CC2. The van der Waals surface area contributed by atoms with Crippen molar-refractivity contribution < 1.29 is 9.53 Å². The normalized spacial score (nSPS) is 20.0. The highest BCUT2D eigenvalue weighted by atomic mass is 16.5. The number of nitrogens with zero attached hydrogens (tertiary/aromatic N) is 1. The molecule has 2 bridgehead atoms. The number of methoxy groups -OCH3 is 1. The van der Waals surface area contributed by atoms with Gasteiger partial charge in [-0.25, -0.2) is 0 Å². The summed E-state index contributed by atoms with van der Waals surface area (Å²) in [6.45, 7) is 6.37. The van der Waals surface area contributed by atoms with Gasteiger partial charge in [0.15, 0.2) is 5.78 Å². The van der Waals surface area contributed by atoms with Crippen molar-refractivity contribution >= 4 is 11.9 Å². The number of hydrogen-bond acceptors (Lipinski definition) is 3. The summed E-state index contributed by atoms with van der Waals surface area (Å²) in [4.78, 5) is 14.8. The number of piperidine rings is 3. The Morgan fingerprint density at radius 1 is 1.18 bits per heavy atom. The van der Waals surface area contributed by atoms with Crippen LogP contribution in [0.2, 0.25) is 0 Å². The number of ether oxygens (including phenoxy) is 1. The average molecular weight is 299 g/mol. The van der Waals surface area contributed by atoms with Crippen molar-refractivity contribution in [3.63, 3.8) is 0 Å². The molecule has 3 nitrogen and oxygen atoms in total. The van der Waals surface area contributed by atoms with E-state index in [1.807, 2.05) is 0 Å². The van der Waals surface area contributed by atoms with E-state index in [-0.39, 0.29) is 5.92 Å². The molecule has 3 fully saturated rings. The van der Waals surface area contributed by atoms with E-state index >= 15 is 0 Å². The van der Waals surface area contributed by atoms with Crippen LogP contribution in [0.3, 0.4) is 0 Å². The fourth-order valence-corrected chi connectivity index (χ4v) is 3.68. The zero-order chi connectivity index (χ0) is 15.7. The number of ketones is 1. The highest BCUT2D eigenvalue weighted by Crippen LogP contribution is 2.34. The van der Waals surface area contributed by atoms with Crippen molar-refractivity contribution in [2.45, 2.75) is 39.5 Å². The fourth-order valence-electron chi connectivity index (χ4n) is 3.68. The maximum atomic E-state index is 12.6. The third-order valence-electron chi connectivity index (χ3n) is 5.06. The first-order chi connectivity index (χ1) is 10.7. The molecule has 0 radical (unpaired) electrons. The van der Waals surface area contributed by atoms with Gasteiger partial charge in [-0.05, 0) is 60.6 Å². The highest BCUT2D eigenvalue weighted by molar-refractivity contribution is 6.02. The van der Waals surface area contributed by atoms with E-state index in [0.717, 1.165) is 50.2 Å². The minimum absolute atomic E-state index is 0.254. The van der Waals surface area contributed by atoms with Gasteiger partial charge in [0, 0.05) is 19.0 Å². The largest absolute Gasteiger partial charge is 0.497 e. The molecule has 3 aliphatic rings. The molecule has 1 aromatic carbocycles. The lowest BCUT2D eigenvalue weighted by molar-refractivity contribution is -0.125. The van der Waals surface area contributed by atoms with Gasteiger partial charge in [0.05, 0.1) is 12.8 Å². The summed E-state index contributed by atoms with van der Waals surface area (Å²) in [5, 5.41) is 0. The quantitative estimate of drug-likeness (QED) is 0.798. The highest BCUT2D eigenvalue weighted by Gasteiger charge is 2.36. The van der Waals surface area contributed by atoms with E-state index in [9.17, 15) is 4.79 Å². The van der Waals surface area contributed by atoms with Crippen molar-refractivity contribution in [3.05, 3.63) is 34.5 Å². The lowest BCUT2D eigenvalue weighted by Crippen LogP contribution is -2.45. The first kappa shape index (κ1) is 15.1. The molecule has 3 heteroatoms. The Balaban J connectivity index is 2.07. The summed E-state index contributed by atoms with van der Waals surface area (Å²) in [6.07, 6.45) is 6.09. The lowest BCUT2D eigenvalue weighted by atomic mass is 9.83. The minimum Gasteiger partial charge on any atom is -0.497 e. The van der Waals surface area contributed by atoms with Crippen LogP contribution in [0, 0.1) is 5.92 Å². The van der Waals surface area contributed by atoms with Gasteiger partial charge in [0.1, 0.15) is 5.75 Å². The van der Waals surface area contributed by atoms with Crippen LogP contribution in [-0.2, 0) is 17.6 Å². The molecule has 22 heavy (non-hydrogen) atoms. The molecule has 0 atom stereocenters. The summed E-state index contributed by atoms with van der Waals surface area (Å²) in [7, 11) is 1.71. The van der Waals surface area contributed by atoms with Crippen LogP contribution >= 0.6 is 0 Å². The summed E-state index contributed by atoms with van der Waals surface area (Å²) in [5.74, 6) is 1.51. The monoisotopic (exact) mass is 299 g/mol. The second kappa shape index (κ2) is 6.15. The molecule has 3 aliphatic heterocycles. The third-order valence-corrected chi connectivity index (χ3v) is 5.06. The van der Waals surface area contributed by atoms with Crippen molar-refractivity contribution in [3.8, 4) is 5.75 Å². The molecule has 0 saturated carbocycles. The predicted octanol–water partition coefficient (Wildman–Crippen LogP) is 3.46. The van der Waals surface area contributed by atoms with Crippen molar-refractivity contribution in [2.24, 2.45) is 5.92 Å². The average Bonchev–Trinajstić information content (AvgIpc) is 2.58. The Hall–Kier alpha value is -1.77. The van der Waals surface area contributed by atoms with Crippen LogP contribution in [0.25, 0.3) is 6.08 Å². The van der Waals surface area contributed by atoms with Crippen LogP contribution in [0.5, 0.6) is 5.75 Å². The number of aryl methyl sites for hydroxylation is 2. The van der Waals surface area contributed by atoms with Gasteiger partial charge in [-0.1, -0.05) is 13.8 Å². The molecule has 0 aliphatic carbocycles. The van der Waals surface area contributed by atoms with Gasteiger partial charge in [-0.3, -0.25) is 4.79 Å². The Bertz CT molecular complexity index is 585. The molecule has 0 amide bonds. The van der Waals surface area contributed by atoms with Gasteiger partial charge in [0.2, 0.25) is 0 Å². The predicted molar refractivity (Wildman–Crippen MR) is 89.0 cm³/mol. The molecule has 4 rings (SSSR count). The maximum Gasteiger partial charge on any atom is 0.182 e. The van der Waals surface area contributed by atoms with Crippen LogP contribution < -0.4 is 4.74 Å². The Kier molecular flexibility index (Phi) is 4.23. The number of hydrogen-bond donors (Lipinski definition) is 0. The first-order valence-electron chi connectivity index (χ1n) is 8.38. The number of allylic oxidation sites excluding steroid dienone is 1.